The summed E-state index contributed by atoms with van der Waals surface area (Å²) in [5.74, 6) is 0.835. The SMILES string of the molecule is CCNC(=NCC(C)C(=O)OC)NCC1CCCN(C)C1c1cccs1.I. The number of esters is 1. The lowest BCUT2D eigenvalue weighted by Gasteiger charge is -2.39. The van der Waals surface area contributed by atoms with Crippen molar-refractivity contribution < 1.29 is 9.53 Å². The first kappa shape index (κ1) is 24.2. The van der Waals surface area contributed by atoms with Crippen LogP contribution in [-0.4, -0.2) is 57.2 Å². The minimum atomic E-state index is -0.241. The van der Waals surface area contributed by atoms with Crippen LogP contribution < -0.4 is 10.6 Å². The molecule has 6 nitrogen and oxygen atoms in total. The fraction of sp³-hybridized carbons (Fsp3) is 0.684. The second-order valence-electron chi connectivity index (χ2n) is 6.87. The largest absolute Gasteiger partial charge is 0.469 e. The zero-order valence-corrected chi connectivity index (χ0v) is 19.9. The van der Waals surface area contributed by atoms with Crippen LogP contribution in [0, 0.1) is 11.8 Å². The Bertz CT molecular complexity index is 582. The molecular weight excluding hydrogens is 475 g/mol. The van der Waals surface area contributed by atoms with Gasteiger partial charge in [-0.2, -0.15) is 0 Å². The number of halogens is 1. The van der Waals surface area contributed by atoms with E-state index in [1.807, 2.05) is 25.2 Å². The number of nitrogens with zero attached hydrogens (tertiary/aromatic N) is 2. The zero-order valence-electron chi connectivity index (χ0n) is 16.7. The summed E-state index contributed by atoms with van der Waals surface area (Å²) in [6, 6.07) is 4.82. The third kappa shape index (κ3) is 7.23. The van der Waals surface area contributed by atoms with Crippen molar-refractivity contribution in [3.05, 3.63) is 22.4 Å². The van der Waals surface area contributed by atoms with E-state index in [0.717, 1.165) is 25.6 Å². The van der Waals surface area contributed by atoms with Crippen LogP contribution in [0.4, 0.5) is 0 Å². The quantitative estimate of drug-likeness (QED) is 0.257. The molecule has 0 radical (unpaired) electrons. The molecule has 0 bridgehead atoms. The van der Waals surface area contributed by atoms with Gasteiger partial charge in [-0.3, -0.25) is 14.7 Å². The van der Waals surface area contributed by atoms with Gasteiger partial charge in [0.25, 0.3) is 0 Å². The molecule has 8 heteroatoms. The van der Waals surface area contributed by atoms with Crippen LogP contribution in [0.2, 0.25) is 0 Å². The highest BCUT2D eigenvalue weighted by atomic mass is 127. The molecule has 1 aromatic heterocycles. The summed E-state index contributed by atoms with van der Waals surface area (Å²) in [6.07, 6.45) is 2.43. The van der Waals surface area contributed by atoms with Gasteiger partial charge in [0, 0.05) is 24.0 Å². The molecule has 1 fully saturated rings. The molecule has 0 aromatic carbocycles. The van der Waals surface area contributed by atoms with E-state index in [1.54, 1.807) is 0 Å². The van der Waals surface area contributed by atoms with Crippen LogP contribution in [0.1, 0.15) is 37.6 Å². The highest BCUT2D eigenvalue weighted by Gasteiger charge is 2.31. The molecule has 0 aliphatic carbocycles. The number of piperidine rings is 1. The Morgan fingerprint density at radius 2 is 2.26 bits per heavy atom. The zero-order chi connectivity index (χ0) is 18.9. The molecule has 1 aliphatic rings. The van der Waals surface area contributed by atoms with Gasteiger partial charge in [0.05, 0.1) is 19.6 Å². The first-order valence-electron chi connectivity index (χ1n) is 9.40. The molecule has 3 atom stereocenters. The standard InChI is InChI=1S/C19H32N4O2S.HI/c1-5-20-19(21-12-14(2)18(24)25-4)22-13-15-8-6-10-23(3)17(15)16-9-7-11-26-16;/h7,9,11,14-15,17H,5-6,8,10,12-13H2,1-4H3,(H2,20,21,22);1H. The number of methoxy groups -OCH3 is 1. The number of carbonyl (C=O) groups excluding carboxylic acids is 1. The number of rotatable bonds is 7. The maximum Gasteiger partial charge on any atom is 0.310 e. The van der Waals surface area contributed by atoms with Gasteiger partial charge < -0.3 is 15.4 Å². The summed E-state index contributed by atoms with van der Waals surface area (Å²) in [7, 11) is 3.63. The summed E-state index contributed by atoms with van der Waals surface area (Å²) in [5, 5.41) is 8.91. The topological polar surface area (TPSA) is 66.0 Å². The molecule has 27 heavy (non-hydrogen) atoms. The van der Waals surface area contributed by atoms with E-state index in [0.29, 0.717) is 18.5 Å². The van der Waals surface area contributed by atoms with E-state index in [2.05, 4.69) is 45.1 Å². The predicted octanol–water partition coefficient (Wildman–Crippen LogP) is 3.11. The molecule has 3 unspecified atom stereocenters. The van der Waals surface area contributed by atoms with Gasteiger partial charge in [-0.15, -0.1) is 35.3 Å². The summed E-state index contributed by atoms with van der Waals surface area (Å²) >= 11 is 1.83. The maximum absolute atomic E-state index is 11.6. The van der Waals surface area contributed by atoms with E-state index >= 15 is 0 Å². The number of nitrogens with one attached hydrogen (secondary N) is 2. The smallest absolute Gasteiger partial charge is 0.310 e. The number of likely N-dealkylation sites (tertiary alicyclic amines) is 1. The lowest BCUT2D eigenvalue weighted by atomic mass is 9.88. The molecule has 2 rings (SSSR count). The van der Waals surface area contributed by atoms with E-state index in [4.69, 9.17) is 4.74 Å². The average molecular weight is 508 g/mol. The Labute approximate surface area is 184 Å². The minimum Gasteiger partial charge on any atom is -0.469 e. The van der Waals surface area contributed by atoms with E-state index in [9.17, 15) is 4.79 Å². The van der Waals surface area contributed by atoms with Gasteiger partial charge in [-0.1, -0.05) is 13.0 Å². The Kier molecular flexibility index (Phi) is 11.2. The number of ether oxygens (including phenoxy) is 1. The van der Waals surface area contributed by atoms with Crippen LogP contribution in [0.15, 0.2) is 22.5 Å². The van der Waals surface area contributed by atoms with E-state index in [1.165, 1.54) is 24.8 Å². The highest BCUT2D eigenvalue weighted by Crippen LogP contribution is 2.36. The molecule has 154 valence electrons. The van der Waals surface area contributed by atoms with Crippen LogP contribution in [0.3, 0.4) is 0 Å². The summed E-state index contributed by atoms with van der Waals surface area (Å²) in [4.78, 5) is 20.0. The van der Waals surface area contributed by atoms with Crippen molar-refractivity contribution in [2.24, 2.45) is 16.8 Å². The van der Waals surface area contributed by atoms with Crippen LogP contribution in [0.25, 0.3) is 0 Å². The summed E-state index contributed by atoms with van der Waals surface area (Å²) in [6.45, 7) is 7.10. The summed E-state index contributed by atoms with van der Waals surface area (Å²) < 4.78 is 4.77. The van der Waals surface area contributed by atoms with Gasteiger partial charge >= 0.3 is 5.97 Å². The molecule has 1 aromatic rings. The van der Waals surface area contributed by atoms with Gasteiger partial charge in [-0.25, -0.2) is 0 Å². The van der Waals surface area contributed by atoms with Gasteiger partial charge in [-0.05, 0) is 50.7 Å². The van der Waals surface area contributed by atoms with Crippen LogP contribution in [0.5, 0.6) is 0 Å². The molecule has 2 heterocycles. The fourth-order valence-electron chi connectivity index (χ4n) is 3.46. The van der Waals surface area contributed by atoms with Crippen LogP contribution >= 0.6 is 35.3 Å². The van der Waals surface area contributed by atoms with Crippen molar-refractivity contribution in [1.29, 1.82) is 0 Å². The predicted molar refractivity (Wildman–Crippen MR) is 123 cm³/mol. The Morgan fingerprint density at radius 1 is 1.48 bits per heavy atom. The first-order valence-corrected chi connectivity index (χ1v) is 10.3. The molecule has 0 saturated carbocycles. The average Bonchev–Trinajstić information content (AvgIpc) is 3.17. The Morgan fingerprint density at radius 3 is 2.89 bits per heavy atom. The number of aliphatic imine (C=N–C) groups is 1. The van der Waals surface area contributed by atoms with Crippen molar-refractivity contribution >= 4 is 47.2 Å². The summed E-state index contributed by atoms with van der Waals surface area (Å²) in [5.41, 5.74) is 0. The second-order valence-corrected chi connectivity index (χ2v) is 7.85. The minimum absolute atomic E-state index is 0. The van der Waals surface area contributed by atoms with Crippen molar-refractivity contribution in [1.82, 2.24) is 15.5 Å². The number of guanidine groups is 1. The van der Waals surface area contributed by atoms with Gasteiger partial charge in [0.15, 0.2) is 5.96 Å². The third-order valence-electron chi connectivity index (χ3n) is 4.84. The first-order chi connectivity index (χ1) is 12.6. The van der Waals surface area contributed by atoms with Crippen LogP contribution in [-0.2, 0) is 9.53 Å². The molecule has 1 aliphatic heterocycles. The van der Waals surface area contributed by atoms with E-state index < -0.39 is 0 Å². The lowest BCUT2D eigenvalue weighted by Crippen LogP contribution is -2.45. The van der Waals surface area contributed by atoms with E-state index in [-0.39, 0.29) is 35.9 Å². The van der Waals surface area contributed by atoms with Gasteiger partial charge in [0.2, 0.25) is 0 Å². The fourth-order valence-corrected chi connectivity index (χ4v) is 4.44. The number of hydrogen-bond acceptors (Lipinski definition) is 5. The van der Waals surface area contributed by atoms with Crippen molar-refractivity contribution in [3.8, 4) is 0 Å². The molecule has 2 N–H and O–H groups in total. The molecule has 0 amide bonds. The van der Waals surface area contributed by atoms with Crippen molar-refractivity contribution in [3.63, 3.8) is 0 Å². The number of thiophene rings is 1. The van der Waals surface area contributed by atoms with Crippen molar-refractivity contribution in [2.45, 2.75) is 32.7 Å². The Hall–Kier alpha value is -0.870. The third-order valence-corrected chi connectivity index (χ3v) is 5.79. The Balaban J connectivity index is 0.00000364. The maximum atomic E-state index is 11.6. The molecule has 1 saturated heterocycles. The molecule has 0 spiro atoms. The number of carbonyl (C=O) groups is 1. The van der Waals surface area contributed by atoms with Crippen molar-refractivity contribution in [2.75, 3.05) is 40.3 Å². The monoisotopic (exact) mass is 508 g/mol. The molecular formula is C19H33IN4O2S. The lowest BCUT2D eigenvalue weighted by molar-refractivity contribution is -0.144. The highest BCUT2D eigenvalue weighted by molar-refractivity contribution is 14.0. The van der Waals surface area contributed by atoms with Gasteiger partial charge in [0.1, 0.15) is 0 Å². The normalized spacial score (nSPS) is 21.9. The number of hydrogen-bond donors (Lipinski definition) is 2. The second kappa shape index (κ2) is 12.6.